The Morgan fingerprint density at radius 3 is 3.09 bits per heavy atom. The number of likely N-dealkylation sites (N-methyl/N-ethyl adjacent to an activating group) is 1. The SMILES string of the molecule is CN(CCN)Cc1cscn1. The van der Waals surface area contributed by atoms with Crippen LogP contribution >= 0.6 is 11.3 Å². The van der Waals surface area contributed by atoms with Crippen LogP contribution in [0.5, 0.6) is 0 Å². The Hall–Kier alpha value is -0.450. The molecule has 4 heteroatoms. The molecule has 0 aliphatic heterocycles. The lowest BCUT2D eigenvalue weighted by Crippen LogP contribution is -2.25. The highest BCUT2D eigenvalue weighted by Gasteiger charge is 1.99. The summed E-state index contributed by atoms with van der Waals surface area (Å²) >= 11 is 1.63. The third-order valence-electron chi connectivity index (χ3n) is 1.43. The van der Waals surface area contributed by atoms with E-state index in [2.05, 4.69) is 15.3 Å². The summed E-state index contributed by atoms with van der Waals surface area (Å²) in [4.78, 5) is 6.34. The maximum Gasteiger partial charge on any atom is 0.0795 e. The predicted molar refractivity (Wildman–Crippen MR) is 47.5 cm³/mol. The highest BCUT2D eigenvalue weighted by molar-refractivity contribution is 7.07. The van der Waals surface area contributed by atoms with E-state index in [-0.39, 0.29) is 0 Å². The molecular formula is C7H13N3S. The first kappa shape index (κ1) is 8.64. The molecule has 0 spiro atoms. The molecule has 2 N–H and O–H groups in total. The second-order valence-corrected chi connectivity index (χ2v) is 3.22. The van der Waals surface area contributed by atoms with Crippen LogP contribution in [0, 0.1) is 0 Å². The van der Waals surface area contributed by atoms with Crippen molar-refractivity contribution in [1.29, 1.82) is 0 Å². The van der Waals surface area contributed by atoms with Crippen molar-refractivity contribution in [3.63, 3.8) is 0 Å². The molecule has 1 aromatic heterocycles. The van der Waals surface area contributed by atoms with Crippen molar-refractivity contribution < 1.29 is 0 Å². The molecule has 3 nitrogen and oxygen atoms in total. The summed E-state index contributed by atoms with van der Waals surface area (Å²) < 4.78 is 0. The van der Waals surface area contributed by atoms with Crippen molar-refractivity contribution in [2.45, 2.75) is 6.54 Å². The normalized spacial score (nSPS) is 10.8. The van der Waals surface area contributed by atoms with Crippen LogP contribution in [0.3, 0.4) is 0 Å². The average Bonchev–Trinajstić information content (AvgIpc) is 2.40. The Kier molecular flexibility index (Phi) is 3.48. The second kappa shape index (κ2) is 4.43. The van der Waals surface area contributed by atoms with Gasteiger partial charge in [-0.15, -0.1) is 11.3 Å². The Balaban J connectivity index is 2.31. The Morgan fingerprint density at radius 1 is 1.73 bits per heavy atom. The first-order valence-electron chi connectivity index (χ1n) is 3.58. The average molecular weight is 171 g/mol. The summed E-state index contributed by atoms with van der Waals surface area (Å²) in [5.41, 5.74) is 8.38. The van der Waals surface area contributed by atoms with Gasteiger partial charge in [-0.2, -0.15) is 0 Å². The minimum Gasteiger partial charge on any atom is -0.329 e. The van der Waals surface area contributed by atoms with Crippen LogP contribution in [-0.4, -0.2) is 30.0 Å². The van der Waals surface area contributed by atoms with Crippen LogP contribution < -0.4 is 5.73 Å². The lowest BCUT2D eigenvalue weighted by molar-refractivity contribution is 0.333. The van der Waals surface area contributed by atoms with Gasteiger partial charge in [0.1, 0.15) is 0 Å². The van der Waals surface area contributed by atoms with E-state index in [0.717, 1.165) is 18.8 Å². The standard InChI is InChI=1S/C7H13N3S/c1-10(3-2-8)4-7-5-11-6-9-7/h5-6H,2-4,8H2,1H3. The van der Waals surface area contributed by atoms with Gasteiger partial charge in [0, 0.05) is 25.0 Å². The molecule has 0 unspecified atom stereocenters. The van der Waals surface area contributed by atoms with Gasteiger partial charge in [-0.3, -0.25) is 4.90 Å². The third-order valence-corrected chi connectivity index (χ3v) is 2.06. The van der Waals surface area contributed by atoms with Gasteiger partial charge in [0.05, 0.1) is 11.2 Å². The number of thiazole rings is 1. The van der Waals surface area contributed by atoms with E-state index in [4.69, 9.17) is 5.73 Å². The molecule has 0 aromatic carbocycles. The van der Waals surface area contributed by atoms with Crippen molar-refractivity contribution in [2.75, 3.05) is 20.1 Å². The van der Waals surface area contributed by atoms with Gasteiger partial charge in [-0.05, 0) is 7.05 Å². The smallest absolute Gasteiger partial charge is 0.0795 e. The zero-order valence-corrected chi connectivity index (χ0v) is 7.47. The quantitative estimate of drug-likeness (QED) is 0.718. The molecule has 0 radical (unpaired) electrons. The highest BCUT2D eigenvalue weighted by atomic mass is 32.1. The fraction of sp³-hybridized carbons (Fsp3) is 0.571. The largest absolute Gasteiger partial charge is 0.329 e. The number of nitrogens with two attached hydrogens (primary N) is 1. The lowest BCUT2D eigenvalue weighted by atomic mass is 10.4. The number of hydrogen-bond donors (Lipinski definition) is 1. The van der Waals surface area contributed by atoms with Crippen molar-refractivity contribution >= 4 is 11.3 Å². The van der Waals surface area contributed by atoms with Crippen molar-refractivity contribution in [1.82, 2.24) is 9.88 Å². The molecule has 0 amide bonds. The summed E-state index contributed by atoms with van der Waals surface area (Å²) in [6.07, 6.45) is 0. The molecule has 0 aliphatic carbocycles. The van der Waals surface area contributed by atoms with Crippen LogP contribution in [0.15, 0.2) is 10.9 Å². The molecule has 1 heterocycles. The monoisotopic (exact) mass is 171 g/mol. The van der Waals surface area contributed by atoms with Crippen molar-refractivity contribution in [3.05, 3.63) is 16.6 Å². The van der Waals surface area contributed by atoms with Crippen LogP contribution in [0.4, 0.5) is 0 Å². The molecule has 0 bridgehead atoms. The van der Waals surface area contributed by atoms with Crippen LogP contribution in [-0.2, 0) is 6.54 Å². The first-order chi connectivity index (χ1) is 5.33. The van der Waals surface area contributed by atoms with Gasteiger partial charge in [-0.25, -0.2) is 4.98 Å². The van der Waals surface area contributed by atoms with E-state index in [1.807, 2.05) is 12.6 Å². The number of hydrogen-bond acceptors (Lipinski definition) is 4. The van der Waals surface area contributed by atoms with E-state index in [9.17, 15) is 0 Å². The van der Waals surface area contributed by atoms with Gasteiger partial charge < -0.3 is 5.73 Å². The number of rotatable bonds is 4. The molecular weight excluding hydrogens is 158 g/mol. The van der Waals surface area contributed by atoms with E-state index >= 15 is 0 Å². The predicted octanol–water partition coefficient (Wildman–Crippen LogP) is 0.534. The van der Waals surface area contributed by atoms with Crippen LogP contribution in [0.1, 0.15) is 5.69 Å². The van der Waals surface area contributed by atoms with E-state index in [1.165, 1.54) is 0 Å². The zero-order valence-electron chi connectivity index (χ0n) is 6.66. The molecule has 62 valence electrons. The molecule has 0 aliphatic rings. The molecule has 1 rings (SSSR count). The number of aromatic nitrogens is 1. The highest BCUT2D eigenvalue weighted by Crippen LogP contribution is 2.02. The molecule has 0 atom stereocenters. The van der Waals surface area contributed by atoms with Gasteiger partial charge >= 0.3 is 0 Å². The van der Waals surface area contributed by atoms with Crippen molar-refractivity contribution in [2.24, 2.45) is 5.73 Å². The van der Waals surface area contributed by atoms with Gasteiger partial charge in [0.15, 0.2) is 0 Å². The lowest BCUT2D eigenvalue weighted by Gasteiger charge is -2.12. The van der Waals surface area contributed by atoms with E-state index in [0.29, 0.717) is 6.54 Å². The van der Waals surface area contributed by atoms with E-state index in [1.54, 1.807) is 11.3 Å². The summed E-state index contributed by atoms with van der Waals surface area (Å²) in [5, 5.41) is 2.06. The topological polar surface area (TPSA) is 42.1 Å². The molecule has 11 heavy (non-hydrogen) atoms. The Morgan fingerprint density at radius 2 is 2.55 bits per heavy atom. The van der Waals surface area contributed by atoms with Gasteiger partial charge in [-0.1, -0.05) is 0 Å². The van der Waals surface area contributed by atoms with Gasteiger partial charge in [0.2, 0.25) is 0 Å². The second-order valence-electron chi connectivity index (χ2n) is 2.51. The van der Waals surface area contributed by atoms with E-state index < -0.39 is 0 Å². The fourth-order valence-electron chi connectivity index (χ4n) is 0.892. The van der Waals surface area contributed by atoms with Crippen molar-refractivity contribution in [3.8, 4) is 0 Å². The third kappa shape index (κ3) is 2.96. The Bertz CT molecular complexity index is 186. The minimum absolute atomic E-state index is 0.709. The van der Waals surface area contributed by atoms with Gasteiger partial charge in [0.25, 0.3) is 0 Å². The maximum absolute atomic E-state index is 5.40. The maximum atomic E-state index is 5.40. The summed E-state index contributed by atoms with van der Waals surface area (Å²) in [6.45, 7) is 2.54. The molecule has 0 saturated carbocycles. The number of nitrogens with zero attached hydrogens (tertiary/aromatic N) is 2. The Labute approximate surface area is 70.9 Å². The fourth-order valence-corrected chi connectivity index (χ4v) is 1.44. The molecule has 1 aromatic rings. The minimum atomic E-state index is 0.709. The summed E-state index contributed by atoms with van der Waals surface area (Å²) in [6, 6.07) is 0. The summed E-state index contributed by atoms with van der Waals surface area (Å²) in [5.74, 6) is 0. The first-order valence-corrected chi connectivity index (χ1v) is 4.53. The van der Waals surface area contributed by atoms with Crippen LogP contribution in [0.2, 0.25) is 0 Å². The molecule has 0 fully saturated rings. The molecule has 0 saturated heterocycles. The zero-order chi connectivity index (χ0) is 8.10. The summed E-state index contributed by atoms with van der Waals surface area (Å²) in [7, 11) is 2.05. The van der Waals surface area contributed by atoms with Crippen LogP contribution in [0.25, 0.3) is 0 Å².